The zero-order valence-corrected chi connectivity index (χ0v) is 80.0. The number of phosphoric ester groups is 2. The Morgan fingerprint density at radius 2 is 0.592 bits per heavy atom. The molecule has 120 heavy (non-hydrogen) atoms. The van der Waals surface area contributed by atoms with Gasteiger partial charge in [0.2, 0.25) is 0 Å². The number of hydrogen-bond acceptors (Lipinski definition) is 17. The van der Waals surface area contributed by atoms with Gasteiger partial charge in [0.25, 0.3) is 0 Å². The molecular weight excluding hydrogens is 1550 g/mol. The number of unbranched alkanes of at least 4 members (excludes halogenated alkanes) is 56. The van der Waals surface area contributed by atoms with Crippen LogP contribution in [0, 0.1) is 23.2 Å². The monoisotopic (exact) mass is 1740 g/mol. The third-order valence-electron chi connectivity index (χ3n) is 26.6. The van der Waals surface area contributed by atoms with E-state index >= 15 is 0 Å². The largest absolute Gasteiger partial charge is 0.790 e. The van der Waals surface area contributed by atoms with Crippen LogP contribution >= 0.6 is 15.6 Å². The van der Waals surface area contributed by atoms with E-state index in [0.717, 1.165) is 163 Å². The highest BCUT2D eigenvalue weighted by Gasteiger charge is 2.43. The van der Waals surface area contributed by atoms with E-state index in [1.165, 1.54) is 327 Å². The molecule has 6 aliphatic rings. The molecule has 704 valence electrons. The molecule has 4 atom stereocenters. The molecule has 0 amide bonds. The number of nitriles is 1. The molecule has 6 heterocycles. The Kier molecular flexibility index (Phi) is 71.2. The number of piperidine rings is 6. The Morgan fingerprint density at radius 1 is 0.333 bits per heavy atom. The second-order valence-corrected chi connectivity index (χ2v) is 40.3. The number of carbonyl (C=O) groups excluding carboxylic acids is 4. The molecule has 19 nitrogen and oxygen atoms in total. The molecule has 0 spiro atoms. The van der Waals surface area contributed by atoms with Crippen molar-refractivity contribution in [1.29, 1.82) is 5.26 Å². The van der Waals surface area contributed by atoms with Gasteiger partial charge in [-0.05, 0) is 76.0 Å². The van der Waals surface area contributed by atoms with Crippen LogP contribution in [0.3, 0.4) is 0 Å². The Bertz CT molecular complexity index is 2530. The lowest BCUT2D eigenvalue weighted by atomic mass is 9.85. The van der Waals surface area contributed by atoms with Crippen molar-refractivity contribution < 1.29 is 84.1 Å². The molecule has 0 saturated carbocycles. The third-order valence-corrected chi connectivity index (χ3v) is 28.6. The molecule has 4 unspecified atom stereocenters. The molecular formula is C99H187N3O16P2. The second-order valence-electron chi connectivity index (χ2n) is 37.5. The van der Waals surface area contributed by atoms with Gasteiger partial charge in [-0.15, -0.1) is 0 Å². The van der Waals surface area contributed by atoms with Crippen LogP contribution in [0.2, 0.25) is 0 Å². The number of rotatable bonds is 86. The molecule has 0 N–H and O–H groups in total. The van der Waals surface area contributed by atoms with Crippen molar-refractivity contribution in [2.75, 3.05) is 85.4 Å². The standard InChI is InChI=1S/C51H96N2O8P.C48H92NO8P/c1-3-5-7-9-11-13-15-17-19-21-23-25-27-29-31-34-50(54)57-46-49(61-51(55)35-32-30-28-26-24-22-20-18-16-14-12-10-8-6-4-2)47-60-62(56,58-44-33-39-52)59-45-43-53-40-36-48(37-41-53)38-42-53;1-3-5-7-9-11-13-15-17-19-21-23-25-27-29-31-33-47(50)55-43-46(41-45(57-58(52,53)54)42-49-38-35-44(36-39-49)37-40-49)56-48(51)34-32-30-28-26-24-22-20-18-16-14-12-10-8-6-4-2/h48-49H,3-38,40-47H2,1-2H3;44-46H,3-43H2,1-2H3,(H-,52,53,54)/q+1;/p-1. The van der Waals surface area contributed by atoms with Crippen LogP contribution < -0.4 is 9.79 Å². The van der Waals surface area contributed by atoms with E-state index < -0.39 is 39.9 Å². The Balaban J connectivity index is 0.000000622. The van der Waals surface area contributed by atoms with Crippen LogP contribution in [-0.4, -0.2) is 137 Å². The molecule has 6 saturated heterocycles. The van der Waals surface area contributed by atoms with Gasteiger partial charge in [-0.25, -0.2) is 4.57 Å². The fraction of sp³-hybridized carbons (Fsp3) is 0.949. The van der Waals surface area contributed by atoms with Crippen LogP contribution in [-0.2, 0) is 65.4 Å². The van der Waals surface area contributed by atoms with Gasteiger partial charge >= 0.3 is 31.7 Å². The highest BCUT2D eigenvalue weighted by Crippen LogP contribution is 2.50. The first-order chi connectivity index (χ1) is 58.5. The summed E-state index contributed by atoms with van der Waals surface area (Å²) in [5.41, 5.74) is 0. The molecule has 0 aliphatic carbocycles. The molecule has 6 fully saturated rings. The van der Waals surface area contributed by atoms with Crippen LogP contribution in [0.5, 0.6) is 0 Å². The maximum Gasteiger partial charge on any atom is 0.475 e. The summed E-state index contributed by atoms with van der Waals surface area (Å²) in [5.74, 6) is 0.104. The molecule has 6 aliphatic heterocycles. The maximum absolute atomic E-state index is 13.8. The number of nitrogens with zero attached hydrogens (tertiary/aromatic N) is 3. The summed E-state index contributed by atoms with van der Waals surface area (Å²) >= 11 is 0. The summed E-state index contributed by atoms with van der Waals surface area (Å²) in [6, 6.07) is 2.01. The molecule has 6 rings (SSSR count). The number of hydrogen-bond donors (Lipinski definition) is 0. The first kappa shape index (κ1) is 112. The summed E-state index contributed by atoms with van der Waals surface area (Å²) in [6.45, 7) is 15.7. The zero-order chi connectivity index (χ0) is 86.7. The highest BCUT2D eigenvalue weighted by molar-refractivity contribution is 7.48. The van der Waals surface area contributed by atoms with Gasteiger partial charge in [0.05, 0.1) is 72.8 Å². The minimum Gasteiger partial charge on any atom is -0.790 e. The summed E-state index contributed by atoms with van der Waals surface area (Å²) in [6.07, 6.45) is 80.3. The predicted octanol–water partition coefficient (Wildman–Crippen LogP) is 26.9. The fourth-order valence-electron chi connectivity index (χ4n) is 18.6. The van der Waals surface area contributed by atoms with Gasteiger partial charge in [0, 0.05) is 32.1 Å². The number of fused-ring (bicyclic) bond motifs is 6. The lowest BCUT2D eigenvalue weighted by molar-refractivity contribution is -0.945. The average molecular weight is 1740 g/mol. The summed E-state index contributed by atoms with van der Waals surface area (Å²) in [5, 5.41) is 9.10. The average Bonchev–Trinajstić information content (AvgIpc) is 0.815. The van der Waals surface area contributed by atoms with Crippen molar-refractivity contribution in [3.8, 4) is 6.07 Å². The van der Waals surface area contributed by atoms with Crippen molar-refractivity contribution in [3.05, 3.63) is 0 Å². The van der Waals surface area contributed by atoms with Gasteiger partial charge < -0.3 is 46.8 Å². The first-order valence-electron chi connectivity index (χ1n) is 51.5. The van der Waals surface area contributed by atoms with E-state index in [2.05, 4.69) is 27.7 Å². The number of quaternary nitrogens is 2. The van der Waals surface area contributed by atoms with Crippen LogP contribution in [0.1, 0.15) is 490 Å². The zero-order valence-electron chi connectivity index (χ0n) is 78.3. The topological polar surface area (TPSA) is 246 Å². The van der Waals surface area contributed by atoms with Gasteiger partial charge in [-0.3, -0.25) is 32.7 Å². The van der Waals surface area contributed by atoms with Crippen molar-refractivity contribution >= 4 is 39.5 Å². The van der Waals surface area contributed by atoms with E-state index in [-0.39, 0.29) is 76.6 Å². The fourth-order valence-corrected chi connectivity index (χ4v) is 20.3. The quantitative estimate of drug-likeness (QED) is 0.0180. The molecule has 0 radical (unpaired) electrons. The number of ether oxygens (including phenoxy) is 4. The molecule has 0 aromatic carbocycles. The number of carbonyl (C=O) groups is 4. The number of phosphoric acid groups is 2. The van der Waals surface area contributed by atoms with Gasteiger partial charge in [-0.1, -0.05) is 387 Å². The van der Waals surface area contributed by atoms with Crippen LogP contribution in [0.15, 0.2) is 0 Å². The van der Waals surface area contributed by atoms with E-state index in [1.54, 1.807) is 0 Å². The summed E-state index contributed by atoms with van der Waals surface area (Å²) in [4.78, 5) is 75.4. The molecule has 0 aromatic heterocycles. The van der Waals surface area contributed by atoms with E-state index in [4.69, 9.17) is 42.3 Å². The third kappa shape index (κ3) is 64.3. The van der Waals surface area contributed by atoms with Crippen molar-refractivity contribution in [2.45, 2.75) is 508 Å². The predicted molar refractivity (Wildman–Crippen MR) is 487 cm³/mol. The smallest absolute Gasteiger partial charge is 0.475 e. The molecule has 21 heteroatoms. The highest BCUT2D eigenvalue weighted by atomic mass is 31.2. The van der Waals surface area contributed by atoms with Crippen LogP contribution in [0.25, 0.3) is 0 Å². The summed E-state index contributed by atoms with van der Waals surface area (Å²) < 4.78 is 72.6. The van der Waals surface area contributed by atoms with Crippen molar-refractivity contribution in [2.24, 2.45) is 11.8 Å². The van der Waals surface area contributed by atoms with Gasteiger partial charge in [-0.2, -0.15) is 5.26 Å². The maximum atomic E-state index is 13.8. The van der Waals surface area contributed by atoms with Crippen molar-refractivity contribution in [1.82, 2.24) is 0 Å². The van der Waals surface area contributed by atoms with Gasteiger partial charge in [0.1, 0.15) is 45.1 Å². The molecule has 0 aromatic rings. The lowest BCUT2D eigenvalue weighted by Gasteiger charge is -2.51. The SMILES string of the molecule is CCCCCCCCCCCCCCCCCC(=O)OCC(CC(C[N+]12CCC(CC1)CC2)OP(=O)([O-])[O-])OC(=O)CCCCCCCCCCCCCCCCC.CCCCCCCCCCCCCCCCCC(=O)OCC(COP(=O)(OCCC#N)OCC[N+]12CCC(CC1)CC2)OC(=O)CCCCCCCCCCCCCCCCC. The minimum atomic E-state index is -5.29. The summed E-state index contributed by atoms with van der Waals surface area (Å²) in [7, 11) is -9.37. The lowest BCUT2D eigenvalue weighted by Crippen LogP contribution is -2.61. The first-order valence-corrected chi connectivity index (χ1v) is 54.4. The van der Waals surface area contributed by atoms with E-state index in [0.29, 0.717) is 19.4 Å². The Labute approximate surface area is 736 Å². The second kappa shape index (κ2) is 76.5. The number of esters is 4. The molecule has 4 bridgehead atoms. The Hall–Kier alpha value is -2.49. The normalized spacial score (nSPS) is 18.8. The van der Waals surface area contributed by atoms with Crippen molar-refractivity contribution in [3.63, 3.8) is 0 Å². The van der Waals surface area contributed by atoms with Gasteiger partial charge in [0.15, 0.2) is 6.10 Å². The van der Waals surface area contributed by atoms with E-state index in [9.17, 15) is 38.1 Å². The van der Waals surface area contributed by atoms with Crippen LogP contribution in [0.4, 0.5) is 0 Å². The minimum absolute atomic E-state index is 0.00867. The van der Waals surface area contributed by atoms with E-state index in [1.807, 2.05) is 6.07 Å². The Morgan fingerprint density at radius 3 is 0.883 bits per heavy atom.